The maximum atomic E-state index is 13.4. The number of halogens is 1. The average Bonchev–Trinajstić information content (AvgIpc) is 2.72. The molecule has 0 aliphatic carbocycles. The summed E-state index contributed by atoms with van der Waals surface area (Å²) < 4.78 is 15.1. The van der Waals surface area contributed by atoms with E-state index in [9.17, 15) is 9.18 Å². The Hall–Kier alpha value is -2.44. The fraction of sp³-hybridized carbons (Fsp3) is 0.182. The number of carboxylic acids is 1. The van der Waals surface area contributed by atoms with Gasteiger partial charge in [0.15, 0.2) is 5.82 Å². The second-order valence-electron chi connectivity index (χ2n) is 3.71. The molecule has 1 aromatic carbocycles. The van der Waals surface area contributed by atoms with Crippen LogP contribution in [0.15, 0.2) is 24.5 Å². The highest BCUT2D eigenvalue weighted by Crippen LogP contribution is 2.15. The molecular formula is C11H11FN4O2. The van der Waals surface area contributed by atoms with Crippen LogP contribution in [0.25, 0.3) is 0 Å². The molecule has 0 fully saturated rings. The van der Waals surface area contributed by atoms with E-state index in [1.807, 2.05) is 0 Å². The zero-order valence-corrected chi connectivity index (χ0v) is 9.59. The molecule has 0 bridgehead atoms. The van der Waals surface area contributed by atoms with E-state index in [0.29, 0.717) is 18.1 Å². The maximum Gasteiger partial charge on any atom is 0.338 e. The summed E-state index contributed by atoms with van der Waals surface area (Å²) >= 11 is 0. The molecule has 0 unspecified atom stereocenters. The zero-order chi connectivity index (χ0) is 13.1. The lowest BCUT2D eigenvalue weighted by atomic mass is 10.2. The molecule has 7 heteroatoms. The lowest BCUT2D eigenvalue weighted by Crippen LogP contribution is -2.07. The summed E-state index contributed by atoms with van der Waals surface area (Å²) in [5.41, 5.74) is 0.139. The summed E-state index contributed by atoms with van der Waals surface area (Å²) in [7, 11) is 1.80. The van der Waals surface area contributed by atoms with Crippen molar-refractivity contribution in [3.63, 3.8) is 0 Å². The van der Waals surface area contributed by atoms with E-state index in [1.165, 1.54) is 12.1 Å². The van der Waals surface area contributed by atoms with Gasteiger partial charge in [-0.2, -0.15) is 0 Å². The Labute approximate surface area is 102 Å². The number of aromatic nitrogens is 3. The minimum absolute atomic E-state index is 0.348. The van der Waals surface area contributed by atoms with Crippen molar-refractivity contribution in [3.8, 4) is 0 Å². The van der Waals surface area contributed by atoms with Gasteiger partial charge in [0.1, 0.15) is 12.1 Å². The van der Waals surface area contributed by atoms with Gasteiger partial charge < -0.3 is 15.0 Å². The number of aryl methyl sites for hydroxylation is 1. The van der Waals surface area contributed by atoms with Crippen LogP contribution < -0.4 is 5.32 Å². The lowest BCUT2D eigenvalue weighted by molar-refractivity contribution is 0.0692. The Morgan fingerprint density at radius 3 is 2.89 bits per heavy atom. The number of aromatic carboxylic acids is 1. The van der Waals surface area contributed by atoms with Crippen LogP contribution >= 0.6 is 0 Å². The van der Waals surface area contributed by atoms with Crippen LogP contribution in [0.4, 0.5) is 10.1 Å². The predicted octanol–water partition coefficient (Wildman–Crippen LogP) is 1.26. The third kappa shape index (κ3) is 2.45. The number of hydrogen-bond acceptors (Lipinski definition) is 4. The van der Waals surface area contributed by atoms with Crippen molar-refractivity contribution in [1.82, 2.24) is 14.8 Å². The van der Waals surface area contributed by atoms with E-state index in [4.69, 9.17) is 5.11 Å². The third-order valence-corrected chi connectivity index (χ3v) is 2.46. The van der Waals surface area contributed by atoms with E-state index in [1.54, 1.807) is 17.9 Å². The Morgan fingerprint density at radius 2 is 2.33 bits per heavy atom. The summed E-state index contributed by atoms with van der Waals surface area (Å²) in [5.74, 6) is -1.37. The number of carbonyl (C=O) groups is 1. The fourth-order valence-electron chi connectivity index (χ4n) is 1.45. The van der Waals surface area contributed by atoms with Crippen LogP contribution in [0.3, 0.4) is 0 Å². The number of nitrogens with zero attached hydrogens (tertiary/aromatic N) is 3. The normalized spacial score (nSPS) is 10.3. The number of anilines is 1. The molecule has 2 aromatic rings. The van der Waals surface area contributed by atoms with Crippen molar-refractivity contribution < 1.29 is 14.3 Å². The third-order valence-electron chi connectivity index (χ3n) is 2.46. The molecule has 0 saturated carbocycles. The predicted molar refractivity (Wildman–Crippen MR) is 61.7 cm³/mol. The first-order chi connectivity index (χ1) is 8.58. The Balaban J connectivity index is 2.09. The first-order valence-electron chi connectivity index (χ1n) is 5.17. The van der Waals surface area contributed by atoms with E-state index >= 15 is 0 Å². The van der Waals surface area contributed by atoms with Crippen molar-refractivity contribution in [1.29, 1.82) is 0 Å². The smallest absolute Gasteiger partial charge is 0.338 e. The molecule has 0 saturated heterocycles. The SMILES string of the molecule is Cn1cnnc1CNc1ccc(C(=O)O)c(F)c1. The van der Waals surface area contributed by atoms with Gasteiger partial charge in [-0.05, 0) is 18.2 Å². The molecular weight excluding hydrogens is 239 g/mol. The Kier molecular flexibility index (Phi) is 3.22. The summed E-state index contributed by atoms with van der Waals surface area (Å²) in [6.07, 6.45) is 1.56. The Bertz CT molecular complexity index is 582. The number of rotatable bonds is 4. The van der Waals surface area contributed by atoms with Gasteiger partial charge in [0.25, 0.3) is 0 Å². The van der Waals surface area contributed by atoms with Gasteiger partial charge in [0, 0.05) is 12.7 Å². The lowest BCUT2D eigenvalue weighted by Gasteiger charge is -2.06. The molecule has 0 aliphatic rings. The first kappa shape index (κ1) is 12.0. The van der Waals surface area contributed by atoms with Gasteiger partial charge in [-0.1, -0.05) is 0 Å². The molecule has 0 atom stereocenters. The summed E-state index contributed by atoms with van der Waals surface area (Å²) in [6, 6.07) is 3.86. The number of carboxylic acid groups (broad SMARTS) is 1. The van der Waals surface area contributed by atoms with Gasteiger partial charge >= 0.3 is 5.97 Å². The van der Waals surface area contributed by atoms with Crippen LogP contribution in [0.5, 0.6) is 0 Å². The van der Waals surface area contributed by atoms with Crippen LogP contribution in [0.1, 0.15) is 16.2 Å². The van der Waals surface area contributed by atoms with Gasteiger partial charge in [-0.15, -0.1) is 10.2 Å². The van der Waals surface area contributed by atoms with Crippen LogP contribution in [0.2, 0.25) is 0 Å². The van der Waals surface area contributed by atoms with E-state index < -0.39 is 11.8 Å². The average molecular weight is 250 g/mol. The number of benzene rings is 1. The molecule has 0 spiro atoms. The molecule has 18 heavy (non-hydrogen) atoms. The van der Waals surface area contributed by atoms with E-state index in [2.05, 4.69) is 15.5 Å². The molecule has 2 rings (SSSR count). The van der Waals surface area contributed by atoms with Crippen molar-refractivity contribution in [2.45, 2.75) is 6.54 Å². The molecule has 1 heterocycles. The van der Waals surface area contributed by atoms with E-state index in [0.717, 1.165) is 6.07 Å². The largest absolute Gasteiger partial charge is 0.478 e. The van der Waals surface area contributed by atoms with Crippen molar-refractivity contribution in [2.75, 3.05) is 5.32 Å². The van der Waals surface area contributed by atoms with Gasteiger partial charge in [-0.25, -0.2) is 9.18 Å². The second kappa shape index (κ2) is 4.82. The second-order valence-corrected chi connectivity index (χ2v) is 3.71. The molecule has 2 N–H and O–H groups in total. The number of hydrogen-bond donors (Lipinski definition) is 2. The van der Waals surface area contributed by atoms with E-state index in [-0.39, 0.29) is 5.56 Å². The van der Waals surface area contributed by atoms with Crippen molar-refractivity contribution >= 4 is 11.7 Å². The summed E-state index contributed by atoms with van der Waals surface area (Å²) in [4.78, 5) is 10.6. The Morgan fingerprint density at radius 1 is 1.56 bits per heavy atom. The highest BCUT2D eigenvalue weighted by atomic mass is 19.1. The fourth-order valence-corrected chi connectivity index (χ4v) is 1.45. The monoisotopic (exact) mass is 250 g/mol. The van der Waals surface area contributed by atoms with Gasteiger partial charge in [0.05, 0.1) is 12.1 Å². The zero-order valence-electron chi connectivity index (χ0n) is 9.59. The van der Waals surface area contributed by atoms with Crippen LogP contribution in [0, 0.1) is 5.82 Å². The molecule has 0 radical (unpaired) electrons. The summed E-state index contributed by atoms with van der Waals surface area (Å²) in [6.45, 7) is 0.377. The minimum atomic E-state index is -1.28. The first-order valence-corrected chi connectivity index (χ1v) is 5.17. The van der Waals surface area contributed by atoms with Crippen molar-refractivity contribution in [3.05, 3.63) is 41.7 Å². The molecule has 0 amide bonds. The summed E-state index contributed by atoms with van der Waals surface area (Å²) in [5, 5.41) is 19.2. The molecule has 0 aliphatic heterocycles. The topological polar surface area (TPSA) is 80.0 Å². The maximum absolute atomic E-state index is 13.4. The van der Waals surface area contributed by atoms with Crippen LogP contribution in [-0.4, -0.2) is 25.8 Å². The number of nitrogens with one attached hydrogen (secondary N) is 1. The quantitative estimate of drug-likeness (QED) is 0.854. The van der Waals surface area contributed by atoms with Crippen molar-refractivity contribution in [2.24, 2.45) is 7.05 Å². The standard InChI is InChI=1S/C11H11FN4O2/c1-16-6-14-15-10(16)5-13-7-2-3-8(11(17)18)9(12)4-7/h2-4,6,13H,5H2,1H3,(H,17,18). The minimum Gasteiger partial charge on any atom is -0.478 e. The highest BCUT2D eigenvalue weighted by Gasteiger charge is 2.10. The molecule has 6 nitrogen and oxygen atoms in total. The van der Waals surface area contributed by atoms with Gasteiger partial charge in [0.2, 0.25) is 0 Å². The van der Waals surface area contributed by atoms with Gasteiger partial charge in [-0.3, -0.25) is 0 Å². The highest BCUT2D eigenvalue weighted by molar-refractivity contribution is 5.88. The van der Waals surface area contributed by atoms with Crippen LogP contribution in [-0.2, 0) is 13.6 Å². The molecule has 94 valence electrons. The molecule has 1 aromatic heterocycles.